The normalized spacial score (nSPS) is 20.3. The summed E-state index contributed by atoms with van der Waals surface area (Å²) in [6.45, 7) is 3.39. The van der Waals surface area contributed by atoms with Crippen molar-refractivity contribution < 1.29 is 49.0 Å². The van der Waals surface area contributed by atoms with E-state index in [0.717, 1.165) is 70.6 Å². The van der Waals surface area contributed by atoms with Gasteiger partial charge in [-0.3, -0.25) is 9.59 Å². The minimum Gasteiger partial charge on any atom is -0.462 e. The van der Waals surface area contributed by atoms with Crippen LogP contribution in [-0.2, 0) is 28.5 Å². The monoisotopic (exact) mass is 837 g/mol. The van der Waals surface area contributed by atoms with E-state index < -0.39 is 49.4 Å². The summed E-state index contributed by atoms with van der Waals surface area (Å²) in [5.74, 6) is -0.817. The van der Waals surface area contributed by atoms with E-state index in [1.165, 1.54) is 103 Å². The number of carbonyl (C=O) groups is 2. The summed E-state index contributed by atoms with van der Waals surface area (Å²) < 4.78 is 22.2. The van der Waals surface area contributed by atoms with Gasteiger partial charge in [0, 0.05) is 12.8 Å². The van der Waals surface area contributed by atoms with E-state index >= 15 is 0 Å². The Hall–Kier alpha value is -2.08. The fourth-order valence-corrected chi connectivity index (χ4v) is 7.15. The van der Waals surface area contributed by atoms with E-state index in [4.69, 9.17) is 18.9 Å². The molecule has 344 valence electrons. The van der Waals surface area contributed by atoms with Crippen LogP contribution in [-0.4, -0.2) is 89.0 Å². The Morgan fingerprint density at radius 2 is 0.949 bits per heavy atom. The molecule has 0 aromatic rings. The SMILES string of the molecule is CCCCC/C=C/C/C=C/CCCCCCCCCCCC(=O)OC[C@@H](CO[C@H]1O[C@@H](CO)[C@@H](O)C(O)C1O)OC(=O)CCCCCCC/C=C/CCCCCCCC. The van der Waals surface area contributed by atoms with Crippen molar-refractivity contribution in [3.05, 3.63) is 36.5 Å². The number of aliphatic hydroxyl groups is 4. The van der Waals surface area contributed by atoms with Gasteiger partial charge in [0.25, 0.3) is 0 Å². The molecule has 2 unspecified atom stereocenters. The van der Waals surface area contributed by atoms with Crippen molar-refractivity contribution in [2.75, 3.05) is 19.8 Å². The maximum atomic E-state index is 12.8. The van der Waals surface area contributed by atoms with Crippen LogP contribution in [0.2, 0.25) is 0 Å². The van der Waals surface area contributed by atoms with Gasteiger partial charge >= 0.3 is 11.9 Å². The number of carbonyl (C=O) groups excluding carboxylic acids is 2. The van der Waals surface area contributed by atoms with Crippen LogP contribution < -0.4 is 0 Å². The van der Waals surface area contributed by atoms with Crippen molar-refractivity contribution in [3.63, 3.8) is 0 Å². The Bertz CT molecular complexity index is 1060. The second-order valence-corrected chi connectivity index (χ2v) is 16.6. The predicted octanol–water partition coefficient (Wildman–Crippen LogP) is 10.7. The van der Waals surface area contributed by atoms with E-state index in [-0.39, 0.29) is 32.0 Å². The molecule has 0 aliphatic carbocycles. The predicted molar refractivity (Wildman–Crippen MR) is 238 cm³/mol. The van der Waals surface area contributed by atoms with Crippen molar-refractivity contribution >= 4 is 11.9 Å². The summed E-state index contributed by atoms with van der Waals surface area (Å²) in [6, 6.07) is 0. The minimum absolute atomic E-state index is 0.220. The van der Waals surface area contributed by atoms with Crippen LogP contribution in [0, 0.1) is 0 Å². The van der Waals surface area contributed by atoms with Gasteiger partial charge in [-0.1, -0.05) is 159 Å². The number of hydrogen-bond acceptors (Lipinski definition) is 10. The summed E-state index contributed by atoms with van der Waals surface area (Å²) in [5.41, 5.74) is 0. The Balaban J connectivity index is 2.29. The van der Waals surface area contributed by atoms with Crippen molar-refractivity contribution in [3.8, 4) is 0 Å². The van der Waals surface area contributed by atoms with Gasteiger partial charge in [0.2, 0.25) is 0 Å². The number of aliphatic hydroxyl groups excluding tert-OH is 4. The first-order chi connectivity index (χ1) is 28.8. The van der Waals surface area contributed by atoms with Gasteiger partial charge in [0.15, 0.2) is 12.4 Å². The Kier molecular flexibility index (Phi) is 37.3. The molecule has 1 aliphatic heterocycles. The Labute approximate surface area is 359 Å². The molecule has 0 saturated carbocycles. The zero-order valence-electron chi connectivity index (χ0n) is 37.5. The lowest BCUT2D eigenvalue weighted by atomic mass is 9.99. The second-order valence-electron chi connectivity index (χ2n) is 16.6. The topological polar surface area (TPSA) is 152 Å². The molecule has 10 nitrogen and oxygen atoms in total. The summed E-state index contributed by atoms with van der Waals surface area (Å²) in [4.78, 5) is 25.4. The standard InChI is InChI=1S/C49H88O10/c1-3-5-7-9-11-13-15-17-19-20-21-22-24-25-27-29-31-33-35-37-44(51)56-40-42(41-57-49-48(55)47(54)46(53)43(39-50)59-49)58-45(52)38-36-34-32-30-28-26-23-18-16-14-12-10-8-6-4-2/h11,13,17-19,23,42-43,46-50,53-55H,3-10,12,14-16,20-22,24-41H2,1-2H3/b13-11+,19-17+,23-18+/t42-,43-,46+,47?,48?,49-/m0/s1. The van der Waals surface area contributed by atoms with Gasteiger partial charge in [0.05, 0.1) is 13.2 Å². The number of allylic oxidation sites excluding steroid dienone is 6. The Morgan fingerprint density at radius 1 is 0.525 bits per heavy atom. The van der Waals surface area contributed by atoms with Crippen molar-refractivity contribution in [1.29, 1.82) is 0 Å². The summed E-state index contributed by atoms with van der Waals surface area (Å²) in [7, 11) is 0. The average Bonchev–Trinajstić information content (AvgIpc) is 3.23. The average molecular weight is 837 g/mol. The van der Waals surface area contributed by atoms with Crippen LogP contribution in [0.25, 0.3) is 0 Å². The lowest BCUT2D eigenvalue weighted by Gasteiger charge is -2.39. The molecular formula is C49H88O10. The molecule has 0 amide bonds. The quantitative estimate of drug-likeness (QED) is 0.0267. The smallest absolute Gasteiger partial charge is 0.306 e. The van der Waals surface area contributed by atoms with Crippen LogP contribution in [0.3, 0.4) is 0 Å². The minimum atomic E-state index is -1.60. The molecule has 1 heterocycles. The number of unbranched alkanes of at least 4 members (excludes halogenated alkanes) is 23. The van der Waals surface area contributed by atoms with Crippen LogP contribution in [0.1, 0.15) is 206 Å². The van der Waals surface area contributed by atoms with Crippen molar-refractivity contribution in [2.24, 2.45) is 0 Å². The van der Waals surface area contributed by atoms with Gasteiger partial charge < -0.3 is 39.4 Å². The molecule has 1 saturated heterocycles. The van der Waals surface area contributed by atoms with Gasteiger partial charge in [-0.25, -0.2) is 0 Å². The lowest BCUT2D eigenvalue weighted by molar-refractivity contribution is -0.305. The van der Waals surface area contributed by atoms with Gasteiger partial charge in [0.1, 0.15) is 31.0 Å². The number of hydrogen-bond donors (Lipinski definition) is 4. The maximum absolute atomic E-state index is 12.8. The van der Waals surface area contributed by atoms with E-state index in [1.54, 1.807) is 0 Å². The summed E-state index contributed by atoms with van der Waals surface area (Å²) >= 11 is 0. The molecule has 0 radical (unpaired) electrons. The van der Waals surface area contributed by atoms with Gasteiger partial charge in [-0.05, 0) is 70.6 Å². The molecule has 0 aromatic carbocycles. The summed E-state index contributed by atoms with van der Waals surface area (Å²) in [6.07, 6.45) is 38.6. The fourth-order valence-electron chi connectivity index (χ4n) is 7.15. The molecular weight excluding hydrogens is 749 g/mol. The third-order valence-electron chi connectivity index (χ3n) is 11.0. The van der Waals surface area contributed by atoms with Crippen molar-refractivity contribution in [2.45, 2.75) is 243 Å². The molecule has 1 fully saturated rings. The Morgan fingerprint density at radius 3 is 1.46 bits per heavy atom. The van der Waals surface area contributed by atoms with E-state index in [0.29, 0.717) is 6.42 Å². The van der Waals surface area contributed by atoms with E-state index in [9.17, 15) is 30.0 Å². The van der Waals surface area contributed by atoms with Crippen LogP contribution >= 0.6 is 0 Å². The number of rotatable bonds is 40. The zero-order valence-corrected chi connectivity index (χ0v) is 37.5. The highest BCUT2D eigenvalue weighted by Gasteiger charge is 2.44. The fraction of sp³-hybridized carbons (Fsp3) is 0.837. The number of ether oxygens (including phenoxy) is 4. The molecule has 0 spiro atoms. The molecule has 0 bridgehead atoms. The van der Waals surface area contributed by atoms with Crippen LogP contribution in [0.5, 0.6) is 0 Å². The third kappa shape index (κ3) is 31.4. The first-order valence-electron chi connectivity index (χ1n) is 24.1. The molecule has 1 aliphatic rings. The highest BCUT2D eigenvalue weighted by molar-refractivity contribution is 5.70. The van der Waals surface area contributed by atoms with Crippen LogP contribution in [0.4, 0.5) is 0 Å². The van der Waals surface area contributed by atoms with Crippen LogP contribution in [0.15, 0.2) is 36.5 Å². The molecule has 0 aromatic heterocycles. The zero-order chi connectivity index (χ0) is 43.0. The maximum Gasteiger partial charge on any atom is 0.306 e. The lowest BCUT2D eigenvalue weighted by Crippen LogP contribution is -2.59. The third-order valence-corrected chi connectivity index (χ3v) is 11.0. The second kappa shape index (κ2) is 40.0. The first kappa shape index (κ1) is 54.9. The van der Waals surface area contributed by atoms with Gasteiger partial charge in [-0.15, -0.1) is 0 Å². The highest BCUT2D eigenvalue weighted by atomic mass is 16.7. The molecule has 1 rings (SSSR count). The first-order valence-corrected chi connectivity index (χ1v) is 24.1. The molecule has 59 heavy (non-hydrogen) atoms. The summed E-state index contributed by atoms with van der Waals surface area (Å²) in [5, 5.41) is 40.1. The molecule has 4 N–H and O–H groups in total. The van der Waals surface area contributed by atoms with Crippen molar-refractivity contribution in [1.82, 2.24) is 0 Å². The largest absolute Gasteiger partial charge is 0.462 e. The molecule has 6 atom stereocenters. The molecule has 10 heteroatoms. The highest BCUT2D eigenvalue weighted by Crippen LogP contribution is 2.23. The van der Waals surface area contributed by atoms with Gasteiger partial charge in [-0.2, -0.15) is 0 Å². The van der Waals surface area contributed by atoms with E-state index in [1.807, 2.05) is 0 Å². The van der Waals surface area contributed by atoms with E-state index in [2.05, 4.69) is 50.3 Å². The number of esters is 2.